The largest absolute Gasteiger partial charge is 0.496 e. The van der Waals surface area contributed by atoms with Crippen molar-refractivity contribution < 1.29 is 14.1 Å². The molecular formula is C11H9ClN2O4. The summed E-state index contributed by atoms with van der Waals surface area (Å²) in [6.07, 6.45) is 1.50. The van der Waals surface area contributed by atoms with Crippen LogP contribution in [-0.4, -0.2) is 17.0 Å². The van der Waals surface area contributed by atoms with Gasteiger partial charge in [0.25, 0.3) is 5.69 Å². The van der Waals surface area contributed by atoms with Crippen molar-refractivity contribution in [3.8, 4) is 17.1 Å². The molecule has 0 aliphatic rings. The lowest BCUT2D eigenvalue weighted by Crippen LogP contribution is -1.92. The molecular weight excluding hydrogens is 260 g/mol. The van der Waals surface area contributed by atoms with Crippen molar-refractivity contribution in [3.05, 3.63) is 40.4 Å². The van der Waals surface area contributed by atoms with E-state index in [0.717, 1.165) is 0 Å². The van der Waals surface area contributed by atoms with Crippen LogP contribution >= 0.6 is 11.6 Å². The molecule has 1 heterocycles. The van der Waals surface area contributed by atoms with Gasteiger partial charge in [0.15, 0.2) is 5.76 Å². The minimum Gasteiger partial charge on any atom is -0.496 e. The van der Waals surface area contributed by atoms with Crippen LogP contribution in [-0.2, 0) is 5.88 Å². The number of hydrogen-bond donors (Lipinski definition) is 0. The summed E-state index contributed by atoms with van der Waals surface area (Å²) in [7, 11) is 1.43. The first-order chi connectivity index (χ1) is 8.65. The Morgan fingerprint density at radius 2 is 2.33 bits per heavy atom. The number of alkyl halides is 1. The minimum absolute atomic E-state index is 0.0484. The smallest absolute Gasteiger partial charge is 0.273 e. The van der Waals surface area contributed by atoms with E-state index >= 15 is 0 Å². The van der Waals surface area contributed by atoms with Crippen LogP contribution in [0.3, 0.4) is 0 Å². The number of halogens is 1. The highest BCUT2D eigenvalue weighted by molar-refractivity contribution is 6.16. The summed E-state index contributed by atoms with van der Waals surface area (Å²) >= 11 is 5.59. The van der Waals surface area contributed by atoms with Gasteiger partial charge in [-0.05, 0) is 6.07 Å². The highest BCUT2D eigenvalue weighted by atomic mass is 35.5. The van der Waals surface area contributed by atoms with Gasteiger partial charge >= 0.3 is 0 Å². The first-order valence-electron chi connectivity index (χ1n) is 4.99. The zero-order valence-corrected chi connectivity index (χ0v) is 10.2. The molecule has 0 aliphatic carbocycles. The molecule has 1 aromatic heterocycles. The quantitative estimate of drug-likeness (QED) is 0.484. The number of aromatic nitrogens is 1. The number of ether oxygens (including phenoxy) is 1. The second-order valence-corrected chi connectivity index (χ2v) is 3.66. The van der Waals surface area contributed by atoms with Gasteiger partial charge < -0.3 is 9.15 Å². The molecule has 0 saturated carbocycles. The van der Waals surface area contributed by atoms with Crippen LogP contribution in [0.1, 0.15) is 5.89 Å². The fourth-order valence-electron chi connectivity index (χ4n) is 1.49. The maximum atomic E-state index is 10.7. The second-order valence-electron chi connectivity index (χ2n) is 3.39. The molecule has 0 amide bonds. The number of nitrogens with zero attached hydrogens (tertiary/aromatic N) is 2. The molecule has 2 aromatic rings. The van der Waals surface area contributed by atoms with E-state index in [1.807, 2.05) is 0 Å². The Labute approximate surface area is 107 Å². The molecule has 0 bridgehead atoms. The van der Waals surface area contributed by atoms with Crippen LogP contribution in [0.4, 0.5) is 5.69 Å². The third-order valence-corrected chi connectivity index (χ3v) is 2.56. The Bertz CT molecular complexity index is 582. The predicted octanol–water partition coefficient (Wildman–Crippen LogP) is 3.00. The van der Waals surface area contributed by atoms with Crippen molar-refractivity contribution in [2.45, 2.75) is 5.88 Å². The molecule has 0 fully saturated rings. The van der Waals surface area contributed by atoms with Crippen molar-refractivity contribution >= 4 is 17.3 Å². The molecule has 18 heavy (non-hydrogen) atoms. The number of nitro benzene ring substituents is 1. The van der Waals surface area contributed by atoms with E-state index in [9.17, 15) is 10.1 Å². The molecule has 1 aromatic carbocycles. The van der Waals surface area contributed by atoms with Crippen molar-refractivity contribution in [1.29, 1.82) is 0 Å². The molecule has 0 aliphatic heterocycles. The van der Waals surface area contributed by atoms with Crippen molar-refractivity contribution in [1.82, 2.24) is 4.98 Å². The summed E-state index contributed by atoms with van der Waals surface area (Å²) in [6.45, 7) is 0. The molecule has 0 unspecified atom stereocenters. The maximum absolute atomic E-state index is 10.7. The predicted molar refractivity (Wildman–Crippen MR) is 64.7 cm³/mol. The second kappa shape index (κ2) is 5.05. The number of hydrogen-bond acceptors (Lipinski definition) is 5. The first-order valence-corrected chi connectivity index (χ1v) is 5.52. The first kappa shape index (κ1) is 12.4. The normalized spacial score (nSPS) is 10.3. The fraction of sp³-hybridized carbons (Fsp3) is 0.182. The molecule has 0 saturated heterocycles. The molecule has 0 atom stereocenters. The summed E-state index contributed by atoms with van der Waals surface area (Å²) in [6, 6.07) is 4.26. The molecule has 6 nitrogen and oxygen atoms in total. The Balaban J connectivity index is 2.47. The van der Waals surface area contributed by atoms with E-state index in [-0.39, 0.29) is 11.6 Å². The number of methoxy groups -OCH3 is 1. The van der Waals surface area contributed by atoms with Gasteiger partial charge in [-0.15, -0.1) is 11.6 Å². The maximum Gasteiger partial charge on any atom is 0.273 e. The van der Waals surface area contributed by atoms with E-state index in [4.69, 9.17) is 20.8 Å². The van der Waals surface area contributed by atoms with E-state index < -0.39 is 4.92 Å². The highest BCUT2D eigenvalue weighted by Gasteiger charge is 2.15. The SMILES string of the molecule is COc1cc([N+](=O)[O-])ccc1-c1cnc(CCl)o1. The number of rotatable bonds is 4. The zero-order valence-electron chi connectivity index (χ0n) is 9.42. The lowest BCUT2D eigenvalue weighted by atomic mass is 10.1. The van der Waals surface area contributed by atoms with E-state index in [1.54, 1.807) is 6.07 Å². The molecule has 0 spiro atoms. The van der Waals surface area contributed by atoms with Crippen LogP contribution in [0, 0.1) is 10.1 Å². The molecule has 2 rings (SSSR count). The summed E-state index contributed by atoms with van der Waals surface area (Å²) in [4.78, 5) is 14.1. The topological polar surface area (TPSA) is 78.4 Å². The van der Waals surface area contributed by atoms with Gasteiger partial charge in [-0.3, -0.25) is 10.1 Å². The van der Waals surface area contributed by atoms with Gasteiger partial charge in [-0.1, -0.05) is 0 Å². The van der Waals surface area contributed by atoms with Crippen LogP contribution in [0.15, 0.2) is 28.8 Å². The van der Waals surface area contributed by atoms with E-state index in [2.05, 4.69) is 4.98 Å². The monoisotopic (exact) mass is 268 g/mol. The summed E-state index contributed by atoms with van der Waals surface area (Å²) in [5.74, 6) is 1.35. The average molecular weight is 269 g/mol. The van der Waals surface area contributed by atoms with Gasteiger partial charge in [-0.2, -0.15) is 0 Å². The van der Waals surface area contributed by atoms with Crippen LogP contribution in [0.25, 0.3) is 11.3 Å². The molecule has 0 radical (unpaired) electrons. The van der Waals surface area contributed by atoms with Gasteiger partial charge in [0.2, 0.25) is 5.89 Å². The number of nitro groups is 1. The average Bonchev–Trinajstić information content (AvgIpc) is 2.86. The Kier molecular flexibility index (Phi) is 3.47. The zero-order chi connectivity index (χ0) is 13.1. The number of oxazole rings is 1. The summed E-state index contributed by atoms with van der Waals surface area (Å²) < 4.78 is 10.5. The molecule has 0 N–H and O–H groups in total. The third kappa shape index (κ3) is 2.28. The highest BCUT2D eigenvalue weighted by Crippen LogP contribution is 2.33. The van der Waals surface area contributed by atoms with Crippen molar-refractivity contribution in [2.75, 3.05) is 7.11 Å². The number of non-ortho nitro benzene ring substituents is 1. The lowest BCUT2D eigenvalue weighted by molar-refractivity contribution is -0.384. The third-order valence-electron chi connectivity index (χ3n) is 2.33. The van der Waals surface area contributed by atoms with Gasteiger partial charge in [-0.25, -0.2) is 4.98 Å². The van der Waals surface area contributed by atoms with Gasteiger partial charge in [0, 0.05) is 6.07 Å². The lowest BCUT2D eigenvalue weighted by Gasteiger charge is -2.05. The summed E-state index contributed by atoms with van der Waals surface area (Å²) in [5, 5.41) is 10.7. The summed E-state index contributed by atoms with van der Waals surface area (Å²) in [5.41, 5.74) is 0.541. The molecule has 94 valence electrons. The van der Waals surface area contributed by atoms with Crippen LogP contribution in [0.5, 0.6) is 5.75 Å². The Morgan fingerprint density at radius 1 is 1.56 bits per heavy atom. The minimum atomic E-state index is -0.489. The van der Waals surface area contributed by atoms with Gasteiger partial charge in [0.05, 0.1) is 35.7 Å². The van der Waals surface area contributed by atoms with Crippen molar-refractivity contribution in [3.63, 3.8) is 0 Å². The van der Waals surface area contributed by atoms with Crippen molar-refractivity contribution in [2.24, 2.45) is 0 Å². The van der Waals surface area contributed by atoms with E-state index in [1.165, 1.54) is 25.4 Å². The Morgan fingerprint density at radius 3 is 2.89 bits per heavy atom. The standard InChI is InChI=1S/C11H9ClN2O4/c1-17-9-4-7(14(15)16)2-3-8(9)10-6-13-11(5-12)18-10/h2-4,6H,5H2,1H3. The fourth-order valence-corrected chi connectivity index (χ4v) is 1.62. The Hall–Kier alpha value is -2.08. The van der Waals surface area contributed by atoms with Crippen LogP contribution in [0.2, 0.25) is 0 Å². The van der Waals surface area contributed by atoms with Gasteiger partial charge in [0.1, 0.15) is 5.75 Å². The number of benzene rings is 1. The van der Waals surface area contributed by atoms with Crippen LogP contribution < -0.4 is 4.74 Å². The van der Waals surface area contributed by atoms with E-state index in [0.29, 0.717) is 23.0 Å². The molecule has 7 heteroatoms.